The molecule has 0 unspecified atom stereocenters. The van der Waals surface area contributed by atoms with Crippen molar-refractivity contribution in [3.05, 3.63) is 165 Å². The van der Waals surface area contributed by atoms with Crippen molar-refractivity contribution in [1.82, 2.24) is 0 Å². The summed E-state index contributed by atoms with van der Waals surface area (Å²) in [5, 5.41) is 14.3. The molecule has 10 nitrogen and oxygen atoms in total. The van der Waals surface area contributed by atoms with Crippen LogP contribution in [0.1, 0.15) is 97.2 Å². The van der Waals surface area contributed by atoms with Crippen LogP contribution in [0.25, 0.3) is 0 Å². The first-order valence-corrected chi connectivity index (χ1v) is 29.6. The molecule has 0 atom stereocenters. The van der Waals surface area contributed by atoms with Crippen molar-refractivity contribution in [2.75, 3.05) is 101 Å². The van der Waals surface area contributed by atoms with Gasteiger partial charge >= 0.3 is 55.3 Å². The standard InChI is InChI=1S/2C26H32N2S2.3C4H8O2.2Hg/c2*1-4-18-15-19(5-2)22(17-28-24-12-8-10-14-26(24)30)20(6-3)21(18)16-27-23-11-7-9-13-25(23)29;3*1-2-6-4-3-5-1;;/h2*7-15,27-30H,4-6,16-17H2,1-3H3;3*1-4H2;;/q;;;;;2*+2/p-4. The first-order chi connectivity index (χ1) is 38.2. The van der Waals surface area contributed by atoms with Crippen LogP contribution in [-0.2, 0) is 199 Å². The van der Waals surface area contributed by atoms with Crippen LogP contribution in [0.3, 0.4) is 0 Å². The number of anilines is 4. The van der Waals surface area contributed by atoms with Gasteiger partial charge in [0.15, 0.2) is 0 Å². The van der Waals surface area contributed by atoms with Crippen molar-refractivity contribution in [3.63, 3.8) is 0 Å². The molecule has 3 aliphatic heterocycles. The normalized spacial score (nSPS) is 13.5. The number of nitrogens with one attached hydrogen (secondary N) is 4. The minimum Gasteiger partial charge on any atom is -0.778 e. The van der Waals surface area contributed by atoms with Crippen molar-refractivity contribution in [2.24, 2.45) is 0 Å². The quantitative estimate of drug-likeness (QED) is 0.0485. The van der Waals surface area contributed by atoms with Gasteiger partial charge in [0.05, 0.1) is 79.3 Å². The molecule has 3 saturated heterocycles. The molecule has 3 fully saturated rings. The van der Waals surface area contributed by atoms with E-state index in [1.807, 2.05) is 72.8 Å². The van der Waals surface area contributed by atoms with Crippen LogP contribution in [0.2, 0.25) is 0 Å². The van der Waals surface area contributed by atoms with Crippen LogP contribution in [0.4, 0.5) is 22.7 Å². The molecule has 0 aliphatic carbocycles. The Morgan fingerprint density at radius 1 is 0.287 bits per heavy atom. The van der Waals surface area contributed by atoms with E-state index in [1.54, 1.807) is 0 Å². The zero-order valence-corrected chi connectivity index (χ0v) is 62.7. The van der Waals surface area contributed by atoms with Crippen LogP contribution in [0, 0.1) is 0 Å². The molecule has 0 radical (unpaired) electrons. The van der Waals surface area contributed by atoms with E-state index in [1.165, 1.54) is 55.6 Å². The van der Waals surface area contributed by atoms with Crippen molar-refractivity contribution >= 4 is 73.3 Å². The summed E-state index contributed by atoms with van der Waals surface area (Å²) >= 11 is 21.9. The number of benzene rings is 6. The first kappa shape index (κ1) is 71.3. The molecule has 3 aliphatic rings. The predicted molar refractivity (Wildman–Crippen MR) is 332 cm³/mol. The van der Waals surface area contributed by atoms with Gasteiger partial charge in [-0.3, -0.25) is 0 Å². The Hall–Kier alpha value is -2.97. The van der Waals surface area contributed by atoms with E-state index in [0.29, 0.717) is 0 Å². The summed E-state index contributed by atoms with van der Waals surface area (Å²) in [4.78, 5) is 3.45. The Labute approximate surface area is 543 Å². The number of hydrogen-bond acceptors (Lipinski definition) is 14. The molecule has 0 spiro atoms. The van der Waals surface area contributed by atoms with Gasteiger partial charge < -0.3 is 100 Å². The third-order valence-corrected chi connectivity index (χ3v) is 15.0. The maximum atomic E-state index is 5.48. The van der Waals surface area contributed by atoms with E-state index in [-0.39, 0.29) is 55.3 Å². The van der Waals surface area contributed by atoms with Crippen molar-refractivity contribution in [3.8, 4) is 0 Å². The molecule has 0 aromatic heterocycles. The smallest absolute Gasteiger partial charge is 0.778 e. The van der Waals surface area contributed by atoms with E-state index >= 15 is 0 Å². The summed E-state index contributed by atoms with van der Waals surface area (Å²) < 4.78 is 29.7. The topological polar surface area (TPSA) is 104 Å². The molecule has 0 amide bonds. The Morgan fingerprint density at radius 3 is 0.625 bits per heavy atom. The van der Waals surface area contributed by atoms with Crippen molar-refractivity contribution < 1.29 is 83.8 Å². The first-order valence-electron chi connectivity index (χ1n) is 27.9. The number of para-hydroxylation sites is 4. The van der Waals surface area contributed by atoms with Crippen LogP contribution in [0.5, 0.6) is 0 Å². The zero-order valence-electron chi connectivity index (χ0n) is 48.4. The van der Waals surface area contributed by atoms with E-state index in [2.05, 4.69) is 99.2 Å². The summed E-state index contributed by atoms with van der Waals surface area (Å²) in [6.07, 6.45) is 6.09. The molecule has 6 aromatic carbocycles. The van der Waals surface area contributed by atoms with Crippen LogP contribution in [0.15, 0.2) is 129 Å². The van der Waals surface area contributed by atoms with Gasteiger partial charge in [0.1, 0.15) is 0 Å². The molecule has 4 N–H and O–H groups in total. The maximum Gasteiger partial charge on any atom is 2.00 e. The molecular weight excluding hydrogens is 1450 g/mol. The van der Waals surface area contributed by atoms with Crippen LogP contribution in [-0.4, -0.2) is 79.3 Å². The summed E-state index contributed by atoms with van der Waals surface area (Å²) in [6.45, 7) is 25.9. The van der Waals surface area contributed by atoms with Gasteiger partial charge in [0, 0.05) is 48.9 Å². The predicted octanol–water partition coefficient (Wildman–Crippen LogP) is 12.9. The Kier molecular flexibility index (Phi) is 37.4. The summed E-state index contributed by atoms with van der Waals surface area (Å²) in [7, 11) is 0. The third-order valence-electron chi connectivity index (χ3n) is 13.5. The molecule has 80 heavy (non-hydrogen) atoms. The number of ether oxygens (including phenoxy) is 6. The average molecular weight is 1530 g/mol. The minimum absolute atomic E-state index is 0. The number of hydrogen-bond donors (Lipinski definition) is 4. The van der Waals surface area contributed by atoms with Crippen LogP contribution >= 0.6 is 0 Å². The molecule has 3 heterocycles. The van der Waals surface area contributed by atoms with E-state index in [9.17, 15) is 0 Å². The molecule has 0 saturated carbocycles. The molecule has 9 rings (SSSR count). The van der Waals surface area contributed by atoms with E-state index in [4.69, 9.17) is 78.9 Å². The molecular formula is C64H84Hg2N4O6S4. The Morgan fingerprint density at radius 2 is 0.475 bits per heavy atom. The van der Waals surface area contributed by atoms with Gasteiger partial charge in [-0.1, -0.05) is 126 Å². The molecule has 6 aromatic rings. The molecule has 424 valence electrons. The Balaban J connectivity index is 0.000000312. The number of aryl methyl sites for hydroxylation is 4. The Bertz CT molecular complexity index is 2300. The summed E-state index contributed by atoms with van der Waals surface area (Å²) in [6, 6.07) is 37.0. The molecule has 16 heteroatoms. The fourth-order valence-corrected chi connectivity index (χ4v) is 10.3. The third kappa shape index (κ3) is 24.0. The van der Waals surface area contributed by atoms with Gasteiger partial charge in [-0.05, 0) is 118 Å². The fraction of sp³-hybridized carbons (Fsp3) is 0.438. The van der Waals surface area contributed by atoms with Gasteiger partial charge in [-0.25, -0.2) is 0 Å². The van der Waals surface area contributed by atoms with Gasteiger partial charge in [0.2, 0.25) is 0 Å². The van der Waals surface area contributed by atoms with Gasteiger partial charge in [0.25, 0.3) is 0 Å². The molecule has 0 bridgehead atoms. The van der Waals surface area contributed by atoms with E-state index in [0.717, 1.165) is 186 Å². The van der Waals surface area contributed by atoms with E-state index < -0.39 is 0 Å². The second-order valence-electron chi connectivity index (χ2n) is 18.5. The SMILES string of the molecule is C1COCCO1.C1COCCO1.C1COCCO1.CCc1cc(CC)c(CNc2ccccc2[S-])c(CC)c1CNc1ccccc1[S-].CCc1cc(CC)c(CNc2ccccc2[S-])c(CC)c1CNc1ccccc1[S-].[Hg+2].[Hg+2]. The summed E-state index contributed by atoms with van der Waals surface area (Å²) in [5.74, 6) is 0. The second-order valence-corrected chi connectivity index (χ2v) is 20.2. The van der Waals surface area contributed by atoms with Gasteiger partial charge in [-0.15, -0.1) is 0 Å². The van der Waals surface area contributed by atoms with Crippen molar-refractivity contribution in [1.29, 1.82) is 0 Å². The second kappa shape index (κ2) is 41.9. The zero-order chi connectivity index (χ0) is 55.7. The minimum atomic E-state index is 0. The monoisotopic (exact) mass is 1540 g/mol. The summed E-state index contributed by atoms with van der Waals surface area (Å²) in [5.41, 5.74) is 18.3. The fourth-order valence-electron chi connectivity index (χ4n) is 9.41. The average Bonchev–Trinajstić information content (AvgIpc) is 3.50. The van der Waals surface area contributed by atoms with Crippen molar-refractivity contribution in [2.45, 2.75) is 126 Å². The largest absolute Gasteiger partial charge is 2.00 e. The number of rotatable bonds is 18. The van der Waals surface area contributed by atoms with Gasteiger partial charge in [-0.2, -0.15) is 19.6 Å². The van der Waals surface area contributed by atoms with Crippen LogP contribution < -0.4 is 21.3 Å². The maximum absolute atomic E-state index is 5.48.